The summed E-state index contributed by atoms with van der Waals surface area (Å²) in [5, 5.41) is 0. The molecule has 1 heteroatoms. The van der Waals surface area contributed by atoms with Crippen molar-refractivity contribution in [1.29, 1.82) is 0 Å². The van der Waals surface area contributed by atoms with E-state index in [9.17, 15) is 0 Å². The number of ether oxygens (including phenoxy) is 1. The fourth-order valence-electron chi connectivity index (χ4n) is 1.50. The molecule has 19 heavy (non-hydrogen) atoms. The molecular formula is C18H14O. The van der Waals surface area contributed by atoms with Crippen LogP contribution in [-0.2, 0) is 11.3 Å². The molecule has 92 valence electrons. The van der Waals surface area contributed by atoms with Crippen molar-refractivity contribution < 1.29 is 4.74 Å². The van der Waals surface area contributed by atoms with E-state index in [0.717, 1.165) is 11.1 Å². The zero-order valence-electron chi connectivity index (χ0n) is 10.6. The van der Waals surface area contributed by atoms with Crippen molar-refractivity contribution in [3.05, 3.63) is 71.8 Å². The summed E-state index contributed by atoms with van der Waals surface area (Å²) < 4.78 is 5.43. The van der Waals surface area contributed by atoms with Crippen LogP contribution in [-0.4, -0.2) is 6.61 Å². The molecule has 0 aromatic heterocycles. The second kappa shape index (κ2) is 7.77. The molecule has 0 N–H and O–H groups in total. The highest BCUT2D eigenvalue weighted by molar-refractivity contribution is 5.39. The molecule has 0 bridgehead atoms. The molecule has 0 saturated carbocycles. The van der Waals surface area contributed by atoms with Gasteiger partial charge in [0.2, 0.25) is 0 Å². The molecule has 1 nitrogen and oxygen atoms in total. The van der Waals surface area contributed by atoms with Gasteiger partial charge in [-0.25, -0.2) is 0 Å². The molecule has 2 aromatic rings. The molecule has 2 aromatic carbocycles. The van der Waals surface area contributed by atoms with Crippen LogP contribution in [0.1, 0.15) is 11.1 Å². The zero-order chi connectivity index (χ0) is 13.2. The Bertz CT molecular complexity index is 607. The van der Waals surface area contributed by atoms with Gasteiger partial charge in [0.05, 0.1) is 6.61 Å². The van der Waals surface area contributed by atoms with Crippen molar-refractivity contribution in [1.82, 2.24) is 0 Å². The number of rotatable bonds is 3. The van der Waals surface area contributed by atoms with Crippen LogP contribution in [0.3, 0.4) is 0 Å². The van der Waals surface area contributed by atoms with Crippen LogP contribution in [0.2, 0.25) is 0 Å². The fraction of sp³-hybridized carbons (Fsp3) is 0.111. The quantitative estimate of drug-likeness (QED) is 0.596. The molecule has 0 aliphatic rings. The van der Waals surface area contributed by atoms with Crippen LogP contribution >= 0.6 is 0 Å². The van der Waals surface area contributed by atoms with Crippen molar-refractivity contribution >= 4 is 0 Å². The second-order valence-corrected chi connectivity index (χ2v) is 3.90. The van der Waals surface area contributed by atoms with Gasteiger partial charge in [-0.1, -0.05) is 60.4 Å². The molecule has 0 unspecified atom stereocenters. The van der Waals surface area contributed by atoms with Gasteiger partial charge in [0, 0.05) is 5.56 Å². The predicted octanol–water partition coefficient (Wildman–Crippen LogP) is 3.26. The Kier molecular flexibility index (Phi) is 5.30. The van der Waals surface area contributed by atoms with E-state index in [4.69, 9.17) is 4.74 Å². The summed E-state index contributed by atoms with van der Waals surface area (Å²) in [7, 11) is 0. The zero-order valence-corrected chi connectivity index (χ0v) is 10.6. The summed E-state index contributed by atoms with van der Waals surface area (Å²) in [4.78, 5) is 0. The van der Waals surface area contributed by atoms with E-state index in [1.807, 2.05) is 60.7 Å². The predicted molar refractivity (Wildman–Crippen MR) is 77.2 cm³/mol. The first-order valence-corrected chi connectivity index (χ1v) is 6.11. The molecule has 0 fully saturated rings. The van der Waals surface area contributed by atoms with Crippen LogP contribution in [0.25, 0.3) is 0 Å². The van der Waals surface area contributed by atoms with Crippen LogP contribution in [0.4, 0.5) is 0 Å². The molecule has 0 aliphatic heterocycles. The maximum absolute atomic E-state index is 5.43. The Morgan fingerprint density at radius 3 is 2.21 bits per heavy atom. The SMILES string of the molecule is C(C#Cc1ccccc1)#CCOCc1ccccc1. The fourth-order valence-corrected chi connectivity index (χ4v) is 1.50. The lowest BCUT2D eigenvalue weighted by molar-refractivity contribution is 0.153. The van der Waals surface area contributed by atoms with Crippen molar-refractivity contribution in [3.8, 4) is 23.7 Å². The first-order chi connectivity index (χ1) is 9.45. The molecule has 0 saturated heterocycles. The second-order valence-electron chi connectivity index (χ2n) is 3.90. The van der Waals surface area contributed by atoms with E-state index in [1.165, 1.54) is 0 Å². The van der Waals surface area contributed by atoms with Crippen molar-refractivity contribution in [2.24, 2.45) is 0 Å². The monoisotopic (exact) mass is 246 g/mol. The Morgan fingerprint density at radius 2 is 1.47 bits per heavy atom. The average Bonchev–Trinajstić information content (AvgIpc) is 2.48. The lowest BCUT2D eigenvalue weighted by Crippen LogP contribution is -1.92. The van der Waals surface area contributed by atoms with E-state index < -0.39 is 0 Å². The van der Waals surface area contributed by atoms with Crippen LogP contribution in [0.15, 0.2) is 60.7 Å². The summed E-state index contributed by atoms with van der Waals surface area (Å²) in [5.41, 5.74) is 2.13. The normalized spacial score (nSPS) is 8.84. The summed E-state index contributed by atoms with van der Waals surface area (Å²) in [6.07, 6.45) is 0. The van der Waals surface area contributed by atoms with Gasteiger partial charge in [-0.2, -0.15) is 0 Å². The molecule has 0 radical (unpaired) electrons. The number of hydrogen-bond acceptors (Lipinski definition) is 1. The summed E-state index contributed by atoms with van der Waals surface area (Å²) in [6.45, 7) is 0.986. The molecule has 0 amide bonds. The van der Waals surface area contributed by atoms with Crippen molar-refractivity contribution in [2.75, 3.05) is 6.61 Å². The molecule has 0 spiro atoms. The van der Waals surface area contributed by atoms with E-state index in [-0.39, 0.29) is 0 Å². The Labute approximate surface area is 114 Å². The highest BCUT2D eigenvalue weighted by atomic mass is 16.5. The minimum atomic E-state index is 0.401. The summed E-state index contributed by atoms with van der Waals surface area (Å²) >= 11 is 0. The third kappa shape index (κ3) is 5.13. The van der Waals surface area contributed by atoms with Gasteiger partial charge in [-0.3, -0.25) is 0 Å². The summed E-state index contributed by atoms with van der Waals surface area (Å²) in [6, 6.07) is 19.8. The third-order valence-corrected chi connectivity index (χ3v) is 2.42. The lowest BCUT2D eigenvalue weighted by atomic mass is 10.2. The minimum absolute atomic E-state index is 0.401. The standard InChI is InChI=1S/C18H14O/c1-4-10-17(11-5-1)12-8-3-9-15-19-16-18-13-6-2-7-14-18/h1-2,4-7,10-11,13-14H,15-16H2. The van der Waals surface area contributed by atoms with Crippen molar-refractivity contribution in [3.63, 3.8) is 0 Å². The topological polar surface area (TPSA) is 9.23 Å². The molecular weight excluding hydrogens is 232 g/mol. The van der Waals surface area contributed by atoms with Gasteiger partial charge in [0.1, 0.15) is 6.61 Å². The van der Waals surface area contributed by atoms with E-state index in [1.54, 1.807) is 0 Å². The Morgan fingerprint density at radius 1 is 0.789 bits per heavy atom. The highest BCUT2D eigenvalue weighted by Gasteiger charge is 1.88. The number of benzene rings is 2. The van der Waals surface area contributed by atoms with E-state index in [0.29, 0.717) is 13.2 Å². The third-order valence-electron chi connectivity index (χ3n) is 2.42. The Balaban J connectivity index is 1.73. The van der Waals surface area contributed by atoms with Crippen molar-refractivity contribution in [2.45, 2.75) is 6.61 Å². The van der Waals surface area contributed by atoms with Gasteiger partial charge in [0.15, 0.2) is 0 Å². The minimum Gasteiger partial charge on any atom is -0.364 e. The maximum atomic E-state index is 5.43. The van der Waals surface area contributed by atoms with Crippen LogP contribution in [0, 0.1) is 23.7 Å². The average molecular weight is 246 g/mol. The Hall–Kier alpha value is -2.48. The summed E-state index contributed by atoms with van der Waals surface area (Å²) in [5.74, 6) is 11.4. The molecule has 0 heterocycles. The first kappa shape index (κ1) is 13.0. The van der Waals surface area contributed by atoms with E-state index >= 15 is 0 Å². The van der Waals surface area contributed by atoms with Gasteiger partial charge in [0.25, 0.3) is 0 Å². The molecule has 2 rings (SSSR count). The lowest BCUT2D eigenvalue weighted by Gasteiger charge is -1.98. The van der Waals surface area contributed by atoms with E-state index in [2.05, 4.69) is 23.7 Å². The largest absolute Gasteiger partial charge is 0.364 e. The van der Waals surface area contributed by atoms with Gasteiger partial charge in [-0.05, 0) is 29.5 Å². The maximum Gasteiger partial charge on any atom is 0.109 e. The first-order valence-electron chi connectivity index (χ1n) is 6.11. The molecule has 0 atom stereocenters. The smallest absolute Gasteiger partial charge is 0.109 e. The molecule has 0 aliphatic carbocycles. The highest BCUT2D eigenvalue weighted by Crippen LogP contribution is 1.99. The van der Waals surface area contributed by atoms with Crippen LogP contribution < -0.4 is 0 Å². The number of hydrogen-bond donors (Lipinski definition) is 0. The van der Waals surface area contributed by atoms with Crippen LogP contribution in [0.5, 0.6) is 0 Å². The van der Waals surface area contributed by atoms with Gasteiger partial charge >= 0.3 is 0 Å². The van der Waals surface area contributed by atoms with Gasteiger partial charge in [-0.15, -0.1) is 0 Å². The van der Waals surface area contributed by atoms with Gasteiger partial charge < -0.3 is 4.74 Å².